The smallest absolute Gasteiger partial charge is 0.141 e. The summed E-state index contributed by atoms with van der Waals surface area (Å²) in [5, 5.41) is 4.78. The topological polar surface area (TPSA) is 34.0 Å². The molecule has 35 heavy (non-hydrogen) atoms. The third-order valence-corrected chi connectivity index (χ3v) is 8.40. The highest BCUT2D eigenvalue weighted by atomic mass is 127. The maximum Gasteiger partial charge on any atom is 0.141 e. The Hall–Kier alpha value is -2.81. The molecular weight excluding hydrogens is 543 g/mol. The summed E-state index contributed by atoms with van der Waals surface area (Å²) in [6.07, 6.45) is 10.9. The average Bonchev–Trinajstić information content (AvgIpc) is 3.79. The number of halogens is 1. The van der Waals surface area contributed by atoms with Crippen LogP contribution in [-0.4, -0.2) is 14.8 Å². The Bertz CT molecular complexity index is 1490. The van der Waals surface area contributed by atoms with Gasteiger partial charge in [-0.25, -0.2) is 4.98 Å². The standard InChI is InChI=1S/C30H28IN4/c1-4-6-7-23(5-2)34(29-14-19(3)26(31)17-25(29)20-8-9-20)30-13-12-28-27(33-30)18-32-35(28)24-11-10-21-15-22(21)16-24/h12-15,17-18,20,24H,2,4,8-11,16H2,1,3H3. The molecule has 3 aliphatic carbocycles. The Balaban J connectivity index is 1.46. The van der Waals surface area contributed by atoms with Crippen LogP contribution in [0.15, 0.2) is 59.6 Å². The number of anilines is 2. The highest BCUT2D eigenvalue weighted by Crippen LogP contribution is 2.48. The zero-order chi connectivity index (χ0) is 24.1. The van der Waals surface area contributed by atoms with Crippen LogP contribution in [0.5, 0.6) is 0 Å². The molecular formula is C30H28IN4. The Morgan fingerprint density at radius 2 is 2.09 bits per heavy atom. The summed E-state index contributed by atoms with van der Waals surface area (Å²) in [5.41, 5.74) is 12.7. The van der Waals surface area contributed by atoms with Gasteiger partial charge in [0, 0.05) is 16.4 Å². The van der Waals surface area contributed by atoms with Gasteiger partial charge in [0.05, 0.1) is 23.4 Å². The normalized spacial score (nSPS) is 18.5. The second-order valence-electron chi connectivity index (χ2n) is 9.70. The number of aryl methyl sites for hydroxylation is 1. The van der Waals surface area contributed by atoms with Crippen molar-refractivity contribution in [3.05, 3.63) is 80.7 Å². The van der Waals surface area contributed by atoms with Gasteiger partial charge < -0.3 is 0 Å². The van der Waals surface area contributed by atoms with Gasteiger partial charge in [0.1, 0.15) is 17.0 Å². The van der Waals surface area contributed by atoms with Crippen molar-refractivity contribution in [1.29, 1.82) is 0 Å². The van der Waals surface area contributed by atoms with Gasteiger partial charge in [-0.1, -0.05) is 36.3 Å². The first kappa shape index (κ1) is 22.6. The van der Waals surface area contributed by atoms with E-state index in [4.69, 9.17) is 10.1 Å². The lowest BCUT2D eigenvalue weighted by Gasteiger charge is -2.26. The molecule has 1 atom stereocenters. The van der Waals surface area contributed by atoms with Crippen LogP contribution < -0.4 is 4.90 Å². The molecule has 0 saturated heterocycles. The van der Waals surface area contributed by atoms with Crippen molar-refractivity contribution in [3.63, 3.8) is 0 Å². The molecule has 4 nitrogen and oxygen atoms in total. The number of allylic oxidation sites excluding steroid dienone is 3. The summed E-state index contributed by atoms with van der Waals surface area (Å²) in [6.45, 7) is 8.22. The first-order chi connectivity index (χ1) is 17.1. The Morgan fingerprint density at radius 1 is 1.23 bits per heavy atom. The third kappa shape index (κ3) is 4.24. The van der Waals surface area contributed by atoms with E-state index in [-0.39, 0.29) is 0 Å². The highest BCUT2D eigenvalue weighted by Gasteiger charge is 2.33. The number of pyridine rings is 1. The first-order valence-electron chi connectivity index (χ1n) is 12.5. The molecule has 1 fully saturated rings. The molecule has 0 aliphatic heterocycles. The molecule has 175 valence electrons. The molecule has 6 rings (SSSR count). The molecule has 3 aliphatic rings. The Morgan fingerprint density at radius 3 is 2.83 bits per heavy atom. The minimum Gasteiger partial charge on any atom is -0.281 e. The van der Waals surface area contributed by atoms with Gasteiger partial charge in [-0.2, -0.15) is 5.10 Å². The monoisotopic (exact) mass is 571 g/mol. The zero-order valence-electron chi connectivity index (χ0n) is 20.2. The molecule has 5 heteroatoms. The van der Waals surface area contributed by atoms with E-state index in [1.165, 1.54) is 39.5 Å². The summed E-state index contributed by atoms with van der Waals surface area (Å²) in [6, 6.07) is 9.29. The predicted octanol–water partition coefficient (Wildman–Crippen LogP) is 7.68. The number of benzene rings is 1. The molecule has 3 aromatic rings. The fourth-order valence-electron chi connectivity index (χ4n) is 5.13. The van der Waals surface area contributed by atoms with Crippen LogP contribution in [0.25, 0.3) is 11.0 Å². The number of nitrogens with zero attached hydrogens (tertiary/aromatic N) is 4. The molecule has 1 saturated carbocycles. The first-order valence-corrected chi connectivity index (χ1v) is 13.6. The summed E-state index contributed by atoms with van der Waals surface area (Å²) >= 11 is 2.44. The quantitative estimate of drug-likeness (QED) is 0.179. The van der Waals surface area contributed by atoms with Crippen molar-refractivity contribution in [2.75, 3.05) is 4.90 Å². The molecule has 2 heterocycles. The van der Waals surface area contributed by atoms with E-state index in [0.717, 1.165) is 47.5 Å². The molecule has 0 N–H and O–H groups in total. The fourth-order valence-corrected chi connectivity index (χ4v) is 5.62. The second kappa shape index (κ2) is 9.00. The maximum absolute atomic E-state index is 5.11. The minimum absolute atomic E-state index is 0.410. The van der Waals surface area contributed by atoms with Crippen molar-refractivity contribution in [2.45, 2.75) is 64.3 Å². The molecule has 1 aromatic carbocycles. The van der Waals surface area contributed by atoms with Gasteiger partial charge in [-0.15, -0.1) is 0 Å². The van der Waals surface area contributed by atoms with Crippen LogP contribution in [0.4, 0.5) is 11.5 Å². The van der Waals surface area contributed by atoms with E-state index in [1.807, 2.05) is 6.20 Å². The van der Waals surface area contributed by atoms with Crippen molar-refractivity contribution in [2.24, 2.45) is 0 Å². The zero-order valence-corrected chi connectivity index (χ0v) is 22.4. The summed E-state index contributed by atoms with van der Waals surface area (Å²) in [7, 11) is 0. The van der Waals surface area contributed by atoms with Gasteiger partial charge in [-0.05, 0) is 109 Å². The summed E-state index contributed by atoms with van der Waals surface area (Å²) < 4.78 is 3.47. The van der Waals surface area contributed by atoms with Crippen LogP contribution in [0.1, 0.15) is 68.5 Å². The molecule has 0 spiro atoms. The van der Waals surface area contributed by atoms with Crippen LogP contribution in [-0.2, 0) is 0 Å². The lowest BCUT2D eigenvalue weighted by molar-refractivity contribution is 0.432. The molecule has 1 unspecified atom stereocenters. The van der Waals surface area contributed by atoms with Gasteiger partial charge >= 0.3 is 0 Å². The molecule has 1 radical (unpaired) electrons. The van der Waals surface area contributed by atoms with Crippen LogP contribution in [0.2, 0.25) is 0 Å². The SMILES string of the molecule is C=C=C(C#CCC)N(c1ccc2c(cnn2C2CCC3=C([CH]3)C2)n1)c1cc(C)c(I)cc1C1CC1. The van der Waals surface area contributed by atoms with Crippen molar-refractivity contribution < 1.29 is 0 Å². The third-order valence-electron chi connectivity index (χ3n) is 7.23. The Labute approximate surface area is 221 Å². The molecule has 0 amide bonds. The van der Waals surface area contributed by atoms with E-state index < -0.39 is 0 Å². The van der Waals surface area contributed by atoms with E-state index >= 15 is 0 Å². The van der Waals surface area contributed by atoms with E-state index in [9.17, 15) is 0 Å². The minimum atomic E-state index is 0.410. The molecule has 2 aromatic heterocycles. The van der Waals surface area contributed by atoms with Gasteiger partial charge in [0.15, 0.2) is 0 Å². The lowest BCUT2D eigenvalue weighted by atomic mass is 10.0. The largest absolute Gasteiger partial charge is 0.281 e. The van der Waals surface area contributed by atoms with Crippen molar-refractivity contribution in [1.82, 2.24) is 14.8 Å². The number of hydrogen-bond acceptors (Lipinski definition) is 3. The fraction of sp³-hybridized carbons (Fsp3) is 0.333. The van der Waals surface area contributed by atoms with Gasteiger partial charge in [0.2, 0.25) is 0 Å². The lowest BCUT2D eigenvalue weighted by Crippen LogP contribution is -2.18. The second-order valence-corrected chi connectivity index (χ2v) is 10.9. The average molecular weight is 571 g/mol. The number of fused-ring (bicyclic) bond motifs is 1. The van der Waals surface area contributed by atoms with E-state index in [1.54, 1.807) is 5.57 Å². The highest BCUT2D eigenvalue weighted by molar-refractivity contribution is 14.1. The predicted molar refractivity (Wildman–Crippen MR) is 150 cm³/mol. The Kier molecular flexibility index (Phi) is 5.82. The molecule has 0 bridgehead atoms. The van der Waals surface area contributed by atoms with Crippen molar-refractivity contribution >= 4 is 45.1 Å². The van der Waals surface area contributed by atoms with Gasteiger partial charge in [-0.3, -0.25) is 9.58 Å². The number of aromatic nitrogens is 3. The van der Waals surface area contributed by atoms with E-state index in [0.29, 0.717) is 12.0 Å². The summed E-state index contributed by atoms with van der Waals surface area (Å²) in [5.74, 6) is 7.94. The number of rotatable bonds is 5. The van der Waals surface area contributed by atoms with Crippen molar-refractivity contribution in [3.8, 4) is 11.8 Å². The number of hydrogen-bond donors (Lipinski definition) is 0. The maximum atomic E-state index is 5.11. The van der Waals surface area contributed by atoms with E-state index in [2.05, 4.69) is 101 Å². The summed E-state index contributed by atoms with van der Waals surface area (Å²) in [4.78, 5) is 7.26. The van der Waals surface area contributed by atoms with Crippen LogP contribution in [0.3, 0.4) is 0 Å². The van der Waals surface area contributed by atoms with Crippen LogP contribution >= 0.6 is 22.6 Å². The van der Waals surface area contributed by atoms with Crippen LogP contribution in [0, 0.1) is 28.8 Å². The van der Waals surface area contributed by atoms with Gasteiger partial charge in [0.25, 0.3) is 0 Å².